The fourth-order valence-electron chi connectivity index (χ4n) is 6.95. The van der Waals surface area contributed by atoms with Crippen LogP contribution in [0.15, 0.2) is 27.6 Å². The molecule has 0 aliphatic carbocycles. The highest BCUT2D eigenvalue weighted by atomic mass is 32.2. The Morgan fingerprint density at radius 2 is 1.85 bits per heavy atom. The van der Waals surface area contributed by atoms with Crippen LogP contribution in [0.4, 0.5) is 21.4 Å². The Kier molecular flexibility index (Phi) is 17.4. The van der Waals surface area contributed by atoms with E-state index in [9.17, 15) is 69.9 Å². The number of urea groups is 1. The number of ketones is 1. The van der Waals surface area contributed by atoms with Gasteiger partial charge in [0.1, 0.15) is 36.2 Å². The number of rotatable bonds is 22. The van der Waals surface area contributed by atoms with Crippen LogP contribution in [0.3, 0.4) is 0 Å². The third-order valence-electron chi connectivity index (χ3n) is 11.0. The highest BCUT2D eigenvalue weighted by Gasteiger charge is 2.55. The molecule has 3 amide bonds. The third kappa shape index (κ3) is 11.8. The number of nitrogen functional groups attached to an aromatic ring is 2. The van der Waals surface area contributed by atoms with E-state index < -0.39 is 127 Å². The largest absolute Gasteiger partial charge is 0.478 e. The number of carbonyl (C=O) groups is 5. The van der Waals surface area contributed by atoms with Crippen LogP contribution in [0.1, 0.15) is 33.0 Å². The van der Waals surface area contributed by atoms with Crippen LogP contribution in [-0.2, 0) is 47.1 Å². The fourth-order valence-corrected chi connectivity index (χ4v) is 8.79. The number of amides is 3. The molecule has 28 nitrogen and oxygen atoms in total. The number of aliphatic hydroxyl groups is 7. The van der Waals surface area contributed by atoms with Crippen molar-refractivity contribution in [2.75, 3.05) is 48.8 Å². The van der Waals surface area contributed by atoms with Crippen molar-refractivity contribution >= 4 is 81.5 Å². The zero-order chi connectivity index (χ0) is 49.7. The van der Waals surface area contributed by atoms with Crippen molar-refractivity contribution in [3.63, 3.8) is 0 Å². The minimum absolute atomic E-state index is 0.0154. The number of Topliss-reactive ketones (excluding diaryl/α,β-unsaturated/α-hetero) is 1. The van der Waals surface area contributed by atoms with Gasteiger partial charge in [-0.05, 0) is 13.8 Å². The summed E-state index contributed by atoms with van der Waals surface area (Å²) >= 11 is 1.95. The second-order valence-electron chi connectivity index (χ2n) is 16.1. The van der Waals surface area contributed by atoms with E-state index in [0.29, 0.717) is 5.57 Å². The normalized spacial score (nSPS) is 25.2. The number of aliphatic hydroxyl groups excluding tert-OH is 7. The number of aromatic nitrogens is 4. The number of carboxylic acids is 2. The molecule has 5 heterocycles. The Balaban J connectivity index is 1.17. The molecule has 67 heavy (non-hydrogen) atoms. The molecule has 10 unspecified atom stereocenters. The Morgan fingerprint density at radius 3 is 2.46 bits per heavy atom. The number of fused-ring (bicyclic) bond motifs is 1. The van der Waals surface area contributed by atoms with Crippen LogP contribution in [0.5, 0.6) is 0 Å². The number of hydrogen-bond donors (Lipinski definition) is 13. The summed E-state index contributed by atoms with van der Waals surface area (Å²) in [7, 11) is 1.55. The Morgan fingerprint density at radius 1 is 1.15 bits per heavy atom. The standard InChI is InChI=1S/C37H53N11O17S2/c1-14-21(12-50)63-33(26(56)24(14)54)64-27(20(53)11-49)25(55)19(52)8-40-5-6-41-36(62)42-17-10-47(46(4)28(17)38)9-15-13-66-31-16(30(57)48(31)23(15)32(58)59)7-18(51)22(29-43-35(39)67-45-29)44-65-37(2,3)34(60)61/h8,10,14,16,19-21,24-27,31,33,38,49-50,52-56H,5-7,9,11-13H2,1-4H3,(H6,39,41,42,43,45,58,59,60,61,62)/p+1/b40-8?,44-22+/t14?,16-,19?,20?,21?,24?,25?,26?,27?,31?,33?/m1/s1. The number of carbonyl (C=O) groups excluding carboxylic acids is 3. The Labute approximate surface area is 388 Å². The second kappa shape index (κ2) is 22.1. The van der Waals surface area contributed by atoms with Crippen LogP contribution < -0.4 is 26.8 Å². The summed E-state index contributed by atoms with van der Waals surface area (Å²) in [5.41, 5.74) is 9.74. The lowest BCUT2D eigenvalue weighted by Crippen LogP contribution is -2.62. The van der Waals surface area contributed by atoms with Gasteiger partial charge in [-0.25, -0.2) is 14.4 Å². The van der Waals surface area contributed by atoms with Crippen molar-refractivity contribution in [1.29, 1.82) is 0 Å². The van der Waals surface area contributed by atoms with Crippen molar-refractivity contribution in [1.82, 2.24) is 24.3 Å². The lowest BCUT2D eigenvalue weighted by atomic mass is 9.89. The third-order valence-corrected chi connectivity index (χ3v) is 13.0. The van der Waals surface area contributed by atoms with Crippen LogP contribution in [-0.4, -0.2) is 199 Å². The average molecular weight is 989 g/mol. The van der Waals surface area contributed by atoms with E-state index in [-0.39, 0.29) is 53.5 Å². The fraction of sp³-hybridized carbons (Fsp3) is 0.622. The van der Waals surface area contributed by atoms with Gasteiger partial charge in [0.2, 0.25) is 23.5 Å². The minimum atomic E-state index is -1.94. The molecule has 0 aromatic carbocycles. The monoisotopic (exact) mass is 988 g/mol. The minimum Gasteiger partial charge on any atom is -0.478 e. The number of aliphatic carboxylic acids is 2. The molecule has 0 saturated carbocycles. The molecular formula is C37H54N11O17S2+. The molecule has 15 N–H and O–H groups in total. The SMILES string of the molecule is CC1C(CO)OC(OC(C(O)CO)C(O)C(O)C=NCCNC(=O)Nc2c[n+](CC3=C(C(=O)O)N4C(=O)[C@@H](CC(=O)/C(=N\OC(C)(C)C(=O)O)c5nsc(N)n5)C4SC3)n(C)c2N)C(O)C1O. The number of nitrogens with two attached hydrogens (primary N) is 2. The number of thioether (sulfide) groups is 1. The smallest absolute Gasteiger partial charge is 0.352 e. The summed E-state index contributed by atoms with van der Waals surface area (Å²) in [5, 5.41) is 99.2. The first-order valence-corrected chi connectivity index (χ1v) is 22.2. The molecule has 2 fully saturated rings. The molecule has 3 aliphatic rings. The zero-order valence-electron chi connectivity index (χ0n) is 36.3. The molecule has 5 rings (SSSR count). The lowest BCUT2D eigenvalue weighted by molar-refractivity contribution is -0.765. The average Bonchev–Trinajstić information content (AvgIpc) is 3.83. The van der Waals surface area contributed by atoms with Gasteiger partial charge < -0.3 is 77.1 Å². The van der Waals surface area contributed by atoms with Gasteiger partial charge in [-0.3, -0.25) is 24.8 Å². The summed E-state index contributed by atoms with van der Waals surface area (Å²) in [5.74, 6) is -5.98. The quantitative estimate of drug-likeness (QED) is 0.0173. The number of nitrogens with one attached hydrogen (secondary N) is 2. The van der Waals surface area contributed by atoms with Crippen LogP contribution in [0, 0.1) is 11.8 Å². The van der Waals surface area contributed by atoms with E-state index >= 15 is 0 Å². The van der Waals surface area contributed by atoms with Crippen molar-refractivity contribution in [3.8, 4) is 0 Å². The first kappa shape index (κ1) is 52.6. The van der Waals surface area contributed by atoms with E-state index in [0.717, 1.165) is 22.6 Å². The predicted molar refractivity (Wildman–Crippen MR) is 232 cm³/mol. The molecule has 2 aromatic rings. The van der Waals surface area contributed by atoms with Crippen molar-refractivity contribution in [2.24, 2.45) is 29.0 Å². The first-order valence-electron chi connectivity index (χ1n) is 20.4. The topological polar surface area (TPSA) is 434 Å². The second-order valence-corrected chi connectivity index (χ2v) is 18.0. The highest BCUT2D eigenvalue weighted by molar-refractivity contribution is 8.00. The maximum Gasteiger partial charge on any atom is 0.352 e. The van der Waals surface area contributed by atoms with Crippen molar-refractivity contribution in [3.05, 3.63) is 23.3 Å². The van der Waals surface area contributed by atoms with E-state index in [4.69, 9.17) is 25.8 Å². The molecule has 370 valence electrons. The molecule has 0 bridgehead atoms. The van der Waals surface area contributed by atoms with Gasteiger partial charge in [0.15, 0.2) is 41.0 Å². The summed E-state index contributed by atoms with van der Waals surface area (Å²) in [6.07, 6.45) is -11.1. The van der Waals surface area contributed by atoms with Crippen LogP contribution in [0.25, 0.3) is 0 Å². The van der Waals surface area contributed by atoms with E-state index in [2.05, 4.69) is 30.1 Å². The van der Waals surface area contributed by atoms with Crippen molar-refractivity contribution < 1.29 is 88.9 Å². The molecule has 30 heteroatoms. The number of oxime groups is 1. The molecule has 11 atom stereocenters. The first-order chi connectivity index (χ1) is 31.5. The number of ether oxygens (including phenoxy) is 2. The van der Waals surface area contributed by atoms with Gasteiger partial charge >= 0.3 is 18.0 Å². The maximum atomic E-state index is 13.5. The van der Waals surface area contributed by atoms with E-state index in [1.807, 2.05) is 0 Å². The summed E-state index contributed by atoms with van der Waals surface area (Å²) in [4.78, 5) is 78.1. The number of hydrogen-bond acceptors (Lipinski definition) is 23. The number of β-lactam (4-membered cyclic amide) rings is 1. The highest BCUT2D eigenvalue weighted by Crippen LogP contribution is 2.45. The lowest BCUT2D eigenvalue weighted by Gasteiger charge is -2.49. The summed E-state index contributed by atoms with van der Waals surface area (Å²) in [6, 6.07) is -0.740. The van der Waals surface area contributed by atoms with Gasteiger partial charge in [-0.2, -0.15) is 9.36 Å². The number of aliphatic imine (C=N–C) groups is 1. The molecular weight excluding hydrogens is 935 g/mol. The zero-order valence-corrected chi connectivity index (χ0v) is 38.0. The molecule has 2 aromatic heterocycles. The van der Waals surface area contributed by atoms with Gasteiger partial charge in [-0.1, -0.05) is 12.1 Å². The number of anilines is 3. The maximum absolute atomic E-state index is 13.5. The number of nitrogens with zero attached hydrogens (tertiary/aromatic N) is 7. The van der Waals surface area contributed by atoms with Gasteiger partial charge in [0.05, 0.1) is 50.3 Å². The Bertz CT molecular complexity index is 2250. The molecule has 0 spiro atoms. The van der Waals surface area contributed by atoms with E-state index in [1.165, 1.54) is 48.1 Å². The van der Waals surface area contributed by atoms with Crippen molar-refractivity contribution in [2.45, 2.75) is 93.7 Å². The van der Waals surface area contributed by atoms with Gasteiger partial charge in [-0.15, -0.1) is 21.1 Å². The number of carboxylic acid groups (broad SMARTS) is 2. The summed E-state index contributed by atoms with van der Waals surface area (Å²) < 4.78 is 17.8. The van der Waals surface area contributed by atoms with Crippen LogP contribution in [0.2, 0.25) is 0 Å². The Hall–Kier alpha value is -5.41. The predicted octanol–water partition coefficient (Wildman–Crippen LogP) is -4.83. The molecule has 3 aliphatic heterocycles. The molecule has 0 radical (unpaired) electrons. The van der Waals surface area contributed by atoms with E-state index in [1.54, 1.807) is 7.05 Å². The van der Waals surface area contributed by atoms with Gasteiger partial charge in [0, 0.05) is 48.0 Å². The van der Waals surface area contributed by atoms with Crippen LogP contribution >= 0.6 is 23.3 Å². The summed E-state index contributed by atoms with van der Waals surface area (Å²) in [6.45, 7) is 2.10. The van der Waals surface area contributed by atoms with Gasteiger partial charge in [0.25, 0.3) is 0 Å². The molecule has 2 saturated heterocycles.